The Hall–Kier alpha value is -3.42. The molecular weight excluding hydrogens is 358 g/mol. The molecule has 0 aliphatic rings. The SMILES string of the molecule is COc1ccc(C[C@H](C(=O)Nc2cccc(C)c2C)c2nn[nH]n2)cc1OC. The Labute approximate surface area is 163 Å². The summed E-state index contributed by atoms with van der Waals surface area (Å²) >= 11 is 0. The predicted octanol–water partition coefficient (Wildman–Crippen LogP) is 2.80. The molecule has 1 atom stereocenters. The molecule has 1 heterocycles. The number of carbonyl (C=O) groups is 1. The molecule has 3 aromatic rings. The average molecular weight is 381 g/mol. The number of anilines is 1. The lowest BCUT2D eigenvalue weighted by Crippen LogP contribution is -2.24. The van der Waals surface area contributed by atoms with E-state index in [1.54, 1.807) is 14.2 Å². The van der Waals surface area contributed by atoms with Crippen molar-refractivity contribution in [2.45, 2.75) is 26.2 Å². The van der Waals surface area contributed by atoms with Crippen molar-refractivity contribution in [3.63, 3.8) is 0 Å². The summed E-state index contributed by atoms with van der Waals surface area (Å²) in [6.07, 6.45) is 0.386. The first-order valence-corrected chi connectivity index (χ1v) is 8.84. The van der Waals surface area contributed by atoms with Crippen LogP contribution in [0.15, 0.2) is 36.4 Å². The molecule has 1 amide bonds. The third-order valence-electron chi connectivity index (χ3n) is 4.74. The maximum absolute atomic E-state index is 13.1. The minimum Gasteiger partial charge on any atom is -0.493 e. The molecule has 0 saturated carbocycles. The van der Waals surface area contributed by atoms with Crippen molar-refractivity contribution < 1.29 is 14.3 Å². The highest BCUT2D eigenvalue weighted by molar-refractivity contribution is 5.96. The highest BCUT2D eigenvalue weighted by atomic mass is 16.5. The molecule has 3 rings (SSSR count). The van der Waals surface area contributed by atoms with Crippen LogP contribution in [0.1, 0.15) is 28.4 Å². The molecule has 0 aliphatic carbocycles. The molecule has 1 aromatic heterocycles. The number of amides is 1. The largest absolute Gasteiger partial charge is 0.493 e. The summed E-state index contributed by atoms with van der Waals surface area (Å²) < 4.78 is 10.6. The molecule has 8 heteroatoms. The number of nitrogens with zero attached hydrogens (tertiary/aromatic N) is 3. The number of aromatic nitrogens is 4. The quantitative estimate of drug-likeness (QED) is 0.652. The summed E-state index contributed by atoms with van der Waals surface area (Å²) in [7, 11) is 3.16. The standard InChI is InChI=1S/C20H23N5O3/c1-12-6-5-7-16(13(12)2)21-20(26)15(19-22-24-25-23-19)10-14-8-9-17(27-3)18(11-14)28-4/h5-9,11,15H,10H2,1-4H3,(H,21,26)(H,22,23,24,25)/t15-/m0/s1. The van der Waals surface area contributed by atoms with Crippen LogP contribution in [0.5, 0.6) is 11.5 Å². The summed E-state index contributed by atoms with van der Waals surface area (Å²) in [6, 6.07) is 11.3. The van der Waals surface area contributed by atoms with Crippen molar-refractivity contribution in [1.29, 1.82) is 0 Å². The summed E-state index contributed by atoms with van der Waals surface area (Å²) in [6.45, 7) is 3.98. The van der Waals surface area contributed by atoms with Gasteiger partial charge in [-0.05, 0) is 55.2 Å². The molecule has 0 saturated heterocycles. The lowest BCUT2D eigenvalue weighted by molar-refractivity contribution is -0.117. The van der Waals surface area contributed by atoms with Crippen molar-refractivity contribution >= 4 is 11.6 Å². The van der Waals surface area contributed by atoms with E-state index < -0.39 is 5.92 Å². The van der Waals surface area contributed by atoms with Crippen molar-refractivity contribution in [1.82, 2.24) is 20.6 Å². The first kappa shape index (κ1) is 19.3. The number of methoxy groups -OCH3 is 2. The number of aromatic amines is 1. The van der Waals surface area contributed by atoms with Gasteiger partial charge in [0.15, 0.2) is 17.3 Å². The van der Waals surface area contributed by atoms with Gasteiger partial charge < -0.3 is 14.8 Å². The van der Waals surface area contributed by atoms with Gasteiger partial charge in [-0.15, -0.1) is 10.2 Å². The van der Waals surface area contributed by atoms with E-state index in [0.29, 0.717) is 23.7 Å². The second kappa shape index (κ2) is 8.51. The number of aryl methyl sites for hydroxylation is 1. The summed E-state index contributed by atoms with van der Waals surface area (Å²) in [5.41, 5.74) is 3.79. The Morgan fingerprint density at radius 3 is 2.61 bits per heavy atom. The lowest BCUT2D eigenvalue weighted by atomic mass is 9.97. The smallest absolute Gasteiger partial charge is 0.235 e. The second-order valence-corrected chi connectivity index (χ2v) is 6.45. The van der Waals surface area contributed by atoms with Gasteiger partial charge in [-0.1, -0.05) is 23.4 Å². The Bertz CT molecular complexity index is 956. The van der Waals surface area contributed by atoms with Crippen LogP contribution in [0.2, 0.25) is 0 Å². The number of benzene rings is 2. The van der Waals surface area contributed by atoms with Gasteiger partial charge in [0, 0.05) is 5.69 Å². The molecule has 0 radical (unpaired) electrons. The molecule has 2 N–H and O–H groups in total. The molecule has 0 aliphatic heterocycles. The first-order valence-electron chi connectivity index (χ1n) is 8.84. The topological polar surface area (TPSA) is 102 Å². The van der Waals surface area contributed by atoms with E-state index in [1.165, 1.54) is 0 Å². The highest BCUT2D eigenvalue weighted by Crippen LogP contribution is 2.30. The van der Waals surface area contributed by atoms with E-state index in [0.717, 1.165) is 22.4 Å². The van der Waals surface area contributed by atoms with Gasteiger partial charge in [0.2, 0.25) is 5.91 Å². The Morgan fingerprint density at radius 1 is 1.14 bits per heavy atom. The summed E-state index contributed by atoms with van der Waals surface area (Å²) in [5, 5.41) is 17.1. The summed E-state index contributed by atoms with van der Waals surface area (Å²) in [5.74, 6) is 0.739. The van der Waals surface area contributed by atoms with E-state index in [1.807, 2.05) is 50.2 Å². The number of hydrogen-bond acceptors (Lipinski definition) is 6. The molecule has 0 fully saturated rings. The van der Waals surface area contributed by atoms with Gasteiger partial charge in [0.1, 0.15) is 5.92 Å². The van der Waals surface area contributed by atoms with Gasteiger partial charge in [-0.2, -0.15) is 5.21 Å². The maximum Gasteiger partial charge on any atom is 0.235 e. The van der Waals surface area contributed by atoms with E-state index in [4.69, 9.17) is 9.47 Å². The van der Waals surface area contributed by atoms with Crippen LogP contribution in [-0.4, -0.2) is 40.8 Å². The Morgan fingerprint density at radius 2 is 1.93 bits per heavy atom. The lowest BCUT2D eigenvalue weighted by Gasteiger charge is -2.17. The fourth-order valence-electron chi connectivity index (χ4n) is 2.97. The molecule has 146 valence electrons. The fourth-order valence-corrected chi connectivity index (χ4v) is 2.97. The predicted molar refractivity (Wildman–Crippen MR) is 105 cm³/mol. The zero-order valence-electron chi connectivity index (χ0n) is 16.3. The molecule has 0 spiro atoms. The van der Waals surface area contributed by atoms with Crippen molar-refractivity contribution in [2.24, 2.45) is 0 Å². The van der Waals surface area contributed by atoms with Crippen LogP contribution in [0, 0.1) is 13.8 Å². The third-order valence-corrected chi connectivity index (χ3v) is 4.74. The van der Waals surface area contributed by atoms with Gasteiger partial charge in [-0.3, -0.25) is 4.79 Å². The van der Waals surface area contributed by atoms with Crippen molar-refractivity contribution in [3.05, 3.63) is 58.9 Å². The first-order chi connectivity index (χ1) is 13.5. The molecule has 0 bridgehead atoms. The molecule has 0 unspecified atom stereocenters. The zero-order chi connectivity index (χ0) is 20.1. The van der Waals surface area contributed by atoms with Crippen molar-refractivity contribution in [3.8, 4) is 11.5 Å². The molecular formula is C20H23N5O3. The monoisotopic (exact) mass is 381 g/mol. The molecule has 2 aromatic carbocycles. The number of hydrogen-bond donors (Lipinski definition) is 2. The van der Waals surface area contributed by atoms with Gasteiger partial charge in [0.05, 0.1) is 14.2 Å². The fraction of sp³-hybridized carbons (Fsp3) is 0.300. The van der Waals surface area contributed by atoms with Crippen LogP contribution in [-0.2, 0) is 11.2 Å². The number of tetrazole rings is 1. The Kier molecular flexibility index (Phi) is 5.88. The highest BCUT2D eigenvalue weighted by Gasteiger charge is 2.26. The van der Waals surface area contributed by atoms with E-state index in [9.17, 15) is 4.79 Å². The normalized spacial score (nSPS) is 11.7. The minimum absolute atomic E-state index is 0.204. The summed E-state index contributed by atoms with van der Waals surface area (Å²) in [4.78, 5) is 13.1. The van der Waals surface area contributed by atoms with Crippen LogP contribution < -0.4 is 14.8 Å². The van der Waals surface area contributed by atoms with Crippen LogP contribution in [0.25, 0.3) is 0 Å². The van der Waals surface area contributed by atoms with Crippen LogP contribution in [0.3, 0.4) is 0 Å². The molecule has 8 nitrogen and oxygen atoms in total. The van der Waals surface area contributed by atoms with Gasteiger partial charge in [-0.25, -0.2) is 0 Å². The van der Waals surface area contributed by atoms with Gasteiger partial charge >= 0.3 is 0 Å². The van der Waals surface area contributed by atoms with E-state index >= 15 is 0 Å². The minimum atomic E-state index is -0.614. The van der Waals surface area contributed by atoms with Gasteiger partial charge in [0.25, 0.3) is 0 Å². The second-order valence-electron chi connectivity index (χ2n) is 6.45. The molecule has 28 heavy (non-hydrogen) atoms. The zero-order valence-corrected chi connectivity index (χ0v) is 16.3. The number of carbonyl (C=O) groups excluding carboxylic acids is 1. The average Bonchev–Trinajstić information content (AvgIpc) is 3.23. The van der Waals surface area contributed by atoms with Crippen molar-refractivity contribution in [2.75, 3.05) is 19.5 Å². The number of ether oxygens (including phenoxy) is 2. The van der Waals surface area contributed by atoms with E-state index in [-0.39, 0.29) is 5.91 Å². The maximum atomic E-state index is 13.1. The number of H-pyrrole nitrogens is 1. The Balaban J connectivity index is 1.88. The third kappa shape index (κ3) is 4.11. The number of nitrogens with one attached hydrogen (secondary N) is 2. The van der Waals surface area contributed by atoms with Crippen LogP contribution in [0.4, 0.5) is 5.69 Å². The van der Waals surface area contributed by atoms with E-state index in [2.05, 4.69) is 25.9 Å². The van der Waals surface area contributed by atoms with Crippen LogP contribution >= 0.6 is 0 Å². The number of rotatable bonds is 7.